The van der Waals surface area contributed by atoms with Gasteiger partial charge in [0.1, 0.15) is 0 Å². The van der Waals surface area contributed by atoms with Gasteiger partial charge in [-0.2, -0.15) is 5.10 Å². The van der Waals surface area contributed by atoms with E-state index in [0.717, 1.165) is 10.9 Å². The molecule has 0 aliphatic heterocycles. The van der Waals surface area contributed by atoms with Crippen molar-refractivity contribution in [1.29, 1.82) is 0 Å². The summed E-state index contributed by atoms with van der Waals surface area (Å²) in [6.45, 7) is 11.0. The first kappa shape index (κ1) is 15.7. The highest BCUT2D eigenvalue weighted by Crippen LogP contribution is 2.29. The highest BCUT2D eigenvalue weighted by Gasteiger charge is 2.21. The molecule has 0 aromatic carbocycles. The molecular weight excluding hydrogens is 290 g/mol. The van der Waals surface area contributed by atoms with Crippen molar-refractivity contribution in [3.63, 3.8) is 0 Å². The molecule has 0 aliphatic carbocycles. The van der Waals surface area contributed by atoms with Gasteiger partial charge in [0.15, 0.2) is 0 Å². The van der Waals surface area contributed by atoms with Gasteiger partial charge in [-0.25, -0.2) is 0 Å². The molecule has 0 spiro atoms. The Labute approximate surface area is 119 Å². The summed E-state index contributed by atoms with van der Waals surface area (Å²) in [5.74, 6) is 0. The lowest BCUT2D eigenvalue weighted by molar-refractivity contribution is 0.393. The summed E-state index contributed by atoms with van der Waals surface area (Å²) in [4.78, 5) is 0. The second-order valence-electron chi connectivity index (χ2n) is 5.43. The summed E-state index contributed by atoms with van der Waals surface area (Å²) < 4.78 is 3.24. The predicted molar refractivity (Wildman–Crippen MR) is 80.8 cm³/mol. The van der Waals surface area contributed by atoms with Crippen molar-refractivity contribution in [3.05, 3.63) is 16.4 Å². The van der Waals surface area contributed by atoms with Crippen molar-refractivity contribution in [2.45, 2.75) is 72.0 Å². The standard InChI is InChI=1S/C14H26BrN3/c1-6-7-8-13(17-10(2)3)14-12(15)9-16-18(14)11(4)5/h9-11,13,17H,6-8H2,1-5H3. The van der Waals surface area contributed by atoms with Gasteiger partial charge in [0, 0.05) is 12.1 Å². The molecule has 1 rings (SSSR count). The molecule has 1 aromatic heterocycles. The first-order chi connectivity index (χ1) is 8.47. The highest BCUT2D eigenvalue weighted by atomic mass is 79.9. The summed E-state index contributed by atoms with van der Waals surface area (Å²) in [7, 11) is 0. The summed E-state index contributed by atoms with van der Waals surface area (Å²) in [5.41, 5.74) is 1.28. The van der Waals surface area contributed by atoms with Gasteiger partial charge in [0.2, 0.25) is 0 Å². The molecule has 0 fully saturated rings. The van der Waals surface area contributed by atoms with E-state index in [-0.39, 0.29) is 0 Å². The van der Waals surface area contributed by atoms with Crippen LogP contribution in [-0.4, -0.2) is 15.8 Å². The summed E-state index contributed by atoms with van der Waals surface area (Å²) in [5, 5.41) is 8.14. The number of unbranched alkanes of at least 4 members (excludes halogenated alkanes) is 1. The third kappa shape index (κ3) is 4.09. The van der Waals surface area contributed by atoms with E-state index < -0.39 is 0 Å². The fourth-order valence-corrected chi connectivity index (χ4v) is 2.75. The molecule has 0 bridgehead atoms. The van der Waals surface area contributed by atoms with Crippen LogP contribution in [0.5, 0.6) is 0 Å². The number of hydrogen-bond donors (Lipinski definition) is 1. The second-order valence-corrected chi connectivity index (χ2v) is 6.29. The van der Waals surface area contributed by atoms with Crippen LogP contribution in [0.3, 0.4) is 0 Å². The Morgan fingerprint density at radius 2 is 2.00 bits per heavy atom. The molecule has 1 atom stereocenters. The molecule has 1 aromatic rings. The Morgan fingerprint density at radius 1 is 1.33 bits per heavy atom. The number of aromatic nitrogens is 2. The molecule has 104 valence electrons. The maximum Gasteiger partial charge on any atom is 0.0698 e. The molecule has 1 N–H and O–H groups in total. The van der Waals surface area contributed by atoms with Crippen molar-refractivity contribution >= 4 is 15.9 Å². The lowest BCUT2D eigenvalue weighted by Crippen LogP contribution is -2.30. The third-order valence-electron chi connectivity index (χ3n) is 2.99. The molecule has 0 aliphatic rings. The van der Waals surface area contributed by atoms with Gasteiger partial charge in [-0.05, 0) is 36.2 Å². The van der Waals surface area contributed by atoms with E-state index in [2.05, 4.69) is 65.6 Å². The van der Waals surface area contributed by atoms with Gasteiger partial charge in [-0.15, -0.1) is 0 Å². The summed E-state index contributed by atoms with van der Waals surface area (Å²) >= 11 is 3.64. The molecule has 0 radical (unpaired) electrons. The van der Waals surface area contributed by atoms with Crippen LogP contribution < -0.4 is 5.32 Å². The van der Waals surface area contributed by atoms with Crippen LogP contribution in [0.25, 0.3) is 0 Å². The maximum atomic E-state index is 4.48. The van der Waals surface area contributed by atoms with E-state index in [1.54, 1.807) is 0 Å². The van der Waals surface area contributed by atoms with Gasteiger partial charge in [0.25, 0.3) is 0 Å². The normalized spacial score (nSPS) is 13.6. The number of hydrogen-bond acceptors (Lipinski definition) is 2. The summed E-state index contributed by atoms with van der Waals surface area (Å²) in [6.07, 6.45) is 5.53. The Kier molecular flexibility index (Phi) is 6.36. The Morgan fingerprint density at radius 3 is 2.50 bits per heavy atom. The Balaban J connectivity index is 2.99. The molecular formula is C14H26BrN3. The fraction of sp³-hybridized carbons (Fsp3) is 0.786. The van der Waals surface area contributed by atoms with Gasteiger partial charge in [0.05, 0.1) is 22.4 Å². The number of halogens is 1. The fourth-order valence-electron chi connectivity index (χ4n) is 2.20. The highest BCUT2D eigenvalue weighted by molar-refractivity contribution is 9.10. The lowest BCUT2D eigenvalue weighted by atomic mass is 10.1. The van der Waals surface area contributed by atoms with Gasteiger partial charge in [-0.1, -0.05) is 33.6 Å². The van der Waals surface area contributed by atoms with Crippen LogP contribution in [-0.2, 0) is 0 Å². The minimum Gasteiger partial charge on any atom is -0.306 e. The van der Waals surface area contributed by atoms with Crippen molar-refractivity contribution in [2.24, 2.45) is 0 Å². The lowest BCUT2D eigenvalue weighted by Gasteiger charge is -2.24. The zero-order valence-corrected chi connectivity index (χ0v) is 13.8. The van der Waals surface area contributed by atoms with Crippen molar-refractivity contribution in [2.75, 3.05) is 0 Å². The molecule has 1 heterocycles. The maximum absolute atomic E-state index is 4.48. The number of nitrogens with one attached hydrogen (secondary N) is 1. The SMILES string of the molecule is CCCCC(NC(C)C)c1c(Br)cnn1C(C)C. The molecule has 0 amide bonds. The topological polar surface area (TPSA) is 29.9 Å². The average Bonchev–Trinajstić information content (AvgIpc) is 2.66. The third-order valence-corrected chi connectivity index (χ3v) is 3.60. The van der Waals surface area contributed by atoms with E-state index in [4.69, 9.17) is 0 Å². The van der Waals surface area contributed by atoms with E-state index in [1.807, 2.05) is 6.20 Å². The first-order valence-electron chi connectivity index (χ1n) is 6.96. The minimum atomic E-state index is 0.379. The summed E-state index contributed by atoms with van der Waals surface area (Å²) in [6, 6.07) is 1.25. The van der Waals surface area contributed by atoms with Gasteiger partial charge >= 0.3 is 0 Å². The zero-order chi connectivity index (χ0) is 13.7. The molecule has 0 saturated heterocycles. The molecule has 3 nitrogen and oxygen atoms in total. The van der Waals surface area contributed by atoms with Crippen LogP contribution in [0.4, 0.5) is 0 Å². The van der Waals surface area contributed by atoms with Crippen LogP contribution >= 0.6 is 15.9 Å². The average molecular weight is 316 g/mol. The zero-order valence-electron chi connectivity index (χ0n) is 12.2. The molecule has 0 saturated carbocycles. The van der Waals surface area contributed by atoms with Crippen molar-refractivity contribution < 1.29 is 0 Å². The Bertz CT molecular complexity index is 358. The van der Waals surface area contributed by atoms with Crippen LogP contribution in [0, 0.1) is 0 Å². The largest absolute Gasteiger partial charge is 0.306 e. The van der Waals surface area contributed by atoms with Crippen molar-refractivity contribution in [3.8, 4) is 0 Å². The quantitative estimate of drug-likeness (QED) is 0.805. The second kappa shape index (κ2) is 7.29. The van der Waals surface area contributed by atoms with E-state index in [0.29, 0.717) is 18.1 Å². The minimum absolute atomic E-state index is 0.379. The van der Waals surface area contributed by atoms with Gasteiger partial charge < -0.3 is 5.32 Å². The van der Waals surface area contributed by atoms with Crippen LogP contribution in [0.1, 0.15) is 71.7 Å². The number of nitrogens with zero attached hydrogens (tertiary/aromatic N) is 2. The monoisotopic (exact) mass is 315 g/mol. The molecule has 1 unspecified atom stereocenters. The van der Waals surface area contributed by atoms with Crippen LogP contribution in [0.15, 0.2) is 10.7 Å². The first-order valence-corrected chi connectivity index (χ1v) is 7.75. The van der Waals surface area contributed by atoms with Crippen LogP contribution in [0.2, 0.25) is 0 Å². The number of rotatable bonds is 7. The van der Waals surface area contributed by atoms with Crippen molar-refractivity contribution in [1.82, 2.24) is 15.1 Å². The van der Waals surface area contributed by atoms with E-state index in [9.17, 15) is 0 Å². The predicted octanol–water partition coefficient (Wildman–Crippen LogP) is 4.46. The van der Waals surface area contributed by atoms with E-state index in [1.165, 1.54) is 18.5 Å². The van der Waals surface area contributed by atoms with E-state index >= 15 is 0 Å². The van der Waals surface area contributed by atoms with Gasteiger partial charge in [-0.3, -0.25) is 4.68 Å². The smallest absolute Gasteiger partial charge is 0.0698 e. The molecule has 4 heteroatoms. The molecule has 18 heavy (non-hydrogen) atoms. The Hall–Kier alpha value is -0.350.